The second kappa shape index (κ2) is 4.44. The van der Waals surface area contributed by atoms with Crippen LogP contribution >= 0.6 is 24.0 Å². The van der Waals surface area contributed by atoms with Crippen molar-refractivity contribution >= 4 is 24.0 Å². The maximum Gasteiger partial charge on any atom is 0.197 e. The molecule has 1 aromatic heterocycles. The van der Waals surface area contributed by atoms with E-state index >= 15 is 0 Å². The Bertz CT molecular complexity index is 313. The Morgan fingerprint density at radius 2 is 2.58 bits per heavy atom. The van der Waals surface area contributed by atoms with E-state index in [2.05, 4.69) is 9.97 Å². The zero-order valence-electron chi connectivity index (χ0n) is 6.40. The fraction of sp³-hybridized carbons (Fsp3) is 0.333. The Morgan fingerprint density at radius 1 is 1.83 bits per heavy atom. The lowest BCUT2D eigenvalue weighted by atomic mass is 10.6. The Labute approximate surface area is 79.0 Å². The van der Waals surface area contributed by atoms with Gasteiger partial charge < -0.3 is 14.8 Å². The molecule has 0 unspecified atom stereocenters. The van der Waals surface area contributed by atoms with E-state index in [1.165, 1.54) is 25.1 Å². The van der Waals surface area contributed by atoms with Crippen molar-refractivity contribution in [2.24, 2.45) is 0 Å². The van der Waals surface area contributed by atoms with Gasteiger partial charge in [-0.1, -0.05) is 11.8 Å². The molecule has 0 saturated carbocycles. The lowest BCUT2D eigenvalue weighted by Crippen LogP contribution is -1.92. The fourth-order valence-corrected chi connectivity index (χ4v) is 1.48. The number of rotatable bonds is 3. The zero-order valence-corrected chi connectivity index (χ0v) is 8.04. The van der Waals surface area contributed by atoms with Crippen molar-refractivity contribution in [2.75, 3.05) is 13.0 Å². The Balaban J connectivity index is 3.03. The molecule has 12 heavy (non-hydrogen) atoms. The minimum absolute atomic E-state index is 0.0222. The number of aliphatic hydroxyl groups is 1. The molecule has 1 heterocycles. The summed E-state index contributed by atoms with van der Waals surface area (Å²) >= 11 is 6.01. The van der Waals surface area contributed by atoms with Gasteiger partial charge in [-0.25, -0.2) is 4.98 Å². The van der Waals surface area contributed by atoms with Crippen LogP contribution in [0.1, 0.15) is 0 Å². The van der Waals surface area contributed by atoms with Gasteiger partial charge in [-0.2, -0.15) is 0 Å². The van der Waals surface area contributed by atoms with Gasteiger partial charge in [-0.3, -0.25) is 0 Å². The average Bonchev–Trinajstić information content (AvgIpc) is 2.05. The largest absolute Gasteiger partial charge is 0.492 e. The van der Waals surface area contributed by atoms with Crippen molar-refractivity contribution in [3.8, 4) is 5.75 Å². The number of nitrogens with one attached hydrogen (secondary N) is 1. The topological polar surface area (TPSA) is 58.1 Å². The van der Waals surface area contributed by atoms with Crippen LogP contribution in [0.25, 0.3) is 0 Å². The van der Waals surface area contributed by atoms with E-state index in [9.17, 15) is 0 Å². The zero-order chi connectivity index (χ0) is 8.97. The number of aromatic nitrogens is 2. The summed E-state index contributed by atoms with van der Waals surface area (Å²) in [6.07, 6.45) is 1.52. The minimum Gasteiger partial charge on any atom is -0.492 e. The van der Waals surface area contributed by atoms with Gasteiger partial charge in [0, 0.05) is 0 Å². The quantitative estimate of drug-likeness (QED) is 0.335. The molecule has 66 valence electrons. The molecule has 0 amide bonds. The summed E-state index contributed by atoms with van der Waals surface area (Å²) in [6, 6.07) is 0. The summed E-state index contributed by atoms with van der Waals surface area (Å²) in [5, 5.41) is 9.36. The van der Waals surface area contributed by atoms with Crippen LogP contribution in [0.4, 0.5) is 0 Å². The van der Waals surface area contributed by atoms with E-state index in [0.717, 1.165) is 0 Å². The summed E-state index contributed by atoms with van der Waals surface area (Å²) in [5.41, 5.74) is 0. The van der Waals surface area contributed by atoms with E-state index in [-0.39, 0.29) is 5.94 Å². The molecule has 0 aromatic carbocycles. The van der Waals surface area contributed by atoms with E-state index in [0.29, 0.717) is 15.5 Å². The van der Waals surface area contributed by atoms with Crippen LogP contribution in [-0.2, 0) is 0 Å². The smallest absolute Gasteiger partial charge is 0.197 e. The number of nitrogens with zero attached hydrogens (tertiary/aromatic N) is 1. The molecule has 0 radical (unpaired) electrons. The number of hydrogen-bond donors (Lipinski definition) is 2. The van der Waals surface area contributed by atoms with Gasteiger partial charge in [0.2, 0.25) is 0 Å². The molecule has 2 N–H and O–H groups in total. The Hall–Kier alpha value is -0.590. The number of aliphatic hydroxyl groups excluding tert-OH is 1. The van der Waals surface area contributed by atoms with E-state index in [1.54, 1.807) is 0 Å². The number of aromatic amines is 1. The number of thioether (sulfide) groups is 1. The van der Waals surface area contributed by atoms with Gasteiger partial charge in [0.05, 0.1) is 19.2 Å². The van der Waals surface area contributed by atoms with Crippen molar-refractivity contribution < 1.29 is 9.84 Å². The molecular formula is C6H8N2O2S2. The monoisotopic (exact) mass is 204 g/mol. The van der Waals surface area contributed by atoms with E-state index in [4.69, 9.17) is 22.1 Å². The highest BCUT2D eigenvalue weighted by Gasteiger charge is 2.02. The van der Waals surface area contributed by atoms with Crippen molar-refractivity contribution in [1.29, 1.82) is 0 Å². The maximum atomic E-state index is 8.66. The summed E-state index contributed by atoms with van der Waals surface area (Å²) in [7, 11) is 1.54. The molecule has 0 aliphatic rings. The number of methoxy groups -OCH3 is 1. The normalized spacial score (nSPS) is 9.83. The first-order valence-corrected chi connectivity index (χ1v) is 4.54. The van der Waals surface area contributed by atoms with Crippen molar-refractivity contribution in [1.82, 2.24) is 9.97 Å². The highest BCUT2D eigenvalue weighted by molar-refractivity contribution is 7.99. The van der Waals surface area contributed by atoms with Crippen molar-refractivity contribution in [3.05, 3.63) is 11.0 Å². The van der Waals surface area contributed by atoms with Crippen LogP contribution in [-0.4, -0.2) is 28.1 Å². The molecular weight excluding hydrogens is 196 g/mol. The predicted octanol–water partition coefficient (Wildman–Crippen LogP) is 1.19. The molecule has 4 nitrogen and oxygen atoms in total. The third-order valence-corrected chi connectivity index (χ3v) is 2.10. The van der Waals surface area contributed by atoms with Gasteiger partial charge >= 0.3 is 0 Å². The summed E-state index contributed by atoms with van der Waals surface area (Å²) in [5.74, 6) is 0.564. The maximum absolute atomic E-state index is 8.66. The molecule has 0 bridgehead atoms. The van der Waals surface area contributed by atoms with E-state index < -0.39 is 0 Å². The van der Waals surface area contributed by atoms with Crippen molar-refractivity contribution in [2.45, 2.75) is 5.03 Å². The first kappa shape index (κ1) is 9.50. The first-order valence-electron chi connectivity index (χ1n) is 3.15. The minimum atomic E-state index is -0.0222. The molecule has 6 heteroatoms. The van der Waals surface area contributed by atoms with Gasteiger partial charge in [0.25, 0.3) is 0 Å². The summed E-state index contributed by atoms with van der Waals surface area (Å²) < 4.78 is 5.36. The predicted molar refractivity (Wildman–Crippen MR) is 48.9 cm³/mol. The van der Waals surface area contributed by atoms with Crippen LogP contribution < -0.4 is 4.74 Å². The van der Waals surface area contributed by atoms with Crippen LogP contribution in [0, 0.1) is 4.77 Å². The molecule has 0 aliphatic carbocycles. The summed E-state index contributed by atoms with van der Waals surface area (Å²) in [4.78, 5) is 6.64. The first-order chi connectivity index (χ1) is 5.77. The molecule has 0 aliphatic heterocycles. The fourth-order valence-electron chi connectivity index (χ4n) is 0.684. The van der Waals surface area contributed by atoms with E-state index in [1.807, 2.05) is 0 Å². The second-order valence-corrected chi connectivity index (χ2v) is 3.20. The van der Waals surface area contributed by atoms with Crippen LogP contribution in [0.5, 0.6) is 5.75 Å². The third kappa shape index (κ3) is 2.20. The highest BCUT2D eigenvalue weighted by Crippen LogP contribution is 2.24. The molecule has 1 aromatic rings. The lowest BCUT2D eigenvalue weighted by Gasteiger charge is -2.04. The van der Waals surface area contributed by atoms with Gasteiger partial charge in [-0.05, 0) is 12.2 Å². The Morgan fingerprint density at radius 3 is 3.17 bits per heavy atom. The highest BCUT2D eigenvalue weighted by atomic mass is 32.2. The van der Waals surface area contributed by atoms with Gasteiger partial charge in [0.1, 0.15) is 5.03 Å². The lowest BCUT2D eigenvalue weighted by molar-refractivity contribution is 0.372. The third-order valence-electron chi connectivity index (χ3n) is 1.17. The average molecular weight is 204 g/mol. The van der Waals surface area contributed by atoms with Crippen LogP contribution in [0.15, 0.2) is 11.2 Å². The SMILES string of the molecule is COc1cnc(=S)[nH]c1SCO. The van der Waals surface area contributed by atoms with Gasteiger partial charge in [0.15, 0.2) is 10.5 Å². The Kier molecular flexibility index (Phi) is 3.51. The molecule has 0 fully saturated rings. The number of H-pyrrole nitrogens is 1. The number of ether oxygens (including phenoxy) is 1. The van der Waals surface area contributed by atoms with Crippen molar-refractivity contribution in [3.63, 3.8) is 0 Å². The van der Waals surface area contributed by atoms with Crippen LogP contribution in [0.2, 0.25) is 0 Å². The standard InChI is InChI=1S/C6H8N2O2S2/c1-10-4-2-7-6(11)8-5(4)12-3-9/h2,9H,3H2,1H3,(H,7,8,11). The van der Waals surface area contributed by atoms with Gasteiger partial charge in [-0.15, -0.1) is 0 Å². The molecule has 0 spiro atoms. The number of hydrogen-bond acceptors (Lipinski definition) is 5. The molecule has 0 saturated heterocycles. The molecule has 1 rings (SSSR count). The summed E-state index contributed by atoms with van der Waals surface area (Å²) in [6.45, 7) is 0. The second-order valence-electron chi connectivity index (χ2n) is 1.86. The molecule has 0 atom stereocenters. The van der Waals surface area contributed by atoms with Crippen LogP contribution in [0.3, 0.4) is 0 Å².